The van der Waals surface area contributed by atoms with Crippen LogP contribution in [0.1, 0.15) is 38.7 Å². The summed E-state index contributed by atoms with van der Waals surface area (Å²) in [5, 5.41) is 0. The van der Waals surface area contributed by atoms with Crippen LogP contribution in [-0.4, -0.2) is 16.8 Å². The molecule has 1 aliphatic heterocycles. The van der Waals surface area contributed by atoms with Gasteiger partial charge in [-0.1, -0.05) is 13.8 Å². The van der Waals surface area contributed by atoms with Crippen molar-refractivity contribution in [3.05, 3.63) is 22.3 Å². The van der Waals surface area contributed by atoms with E-state index in [1.807, 2.05) is 20.8 Å². The van der Waals surface area contributed by atoms with E-state index in [1.54, 1.807) is 12.3 Å². The number of hydrogen-bond donors (Lipinski definition) is 0. The molecule has 1 aromatic heterocycles. The second-order valence-corrected chi connectivity index (χ2v) is 5.84. The van der Waals surface area contributed by atoms with Crippen LogP contribution < -0.4 is 4.90 Å². The highest BCUT2D eigenvalue weighted by atomic mass is 79.9. The molecule has 2 amide bonds. The van der Waals surface area contributed by atoms with Gasteiger partial charge in [-0.25, -0.2) is 9.88 Å². The fourth-order valence-corrected chi connectivity index (χ4v) is 2.69. The Morgan fingerprint density at radius 2 is 2.00 bits per heavy atom. The molecule has 0 radical (unpaired) electrons. The Bertz CT molecular complexity index is 538. The van der Waals surface area contributed by atoms with E-state index < -0.39 is 5.41 Å². The molecule has 0 bridgehead atoms. The predicted octanol–water partition coefficient (Wildman–Crippen LogP) is 3.22. The summed E-state index contributed by atoms with van der Waals surface area (Å²) in [4.78, 5) is 30.2. The van der Waals surface area contributed by atoms with Crippen molar-refractivity contribution in [2.24, 2.45) is 5.41 Å². The highest BCUT2D eigenvalue weighted by Crippen LogP contribution is 2.41. The van der Waals surface area contributed by atoms with Gasteiger partial charge in [0.2, 0.25) is 11.8 Å². The predicted molar refractivity (Wildman–Crippen MR) is 76.8 cm³/mol. The second kappa shape index (κ2) is 5.04. The third kappa shape index (κ3) is 2.20. The van der Waals surface area contributed by atoms with Gasteiger partial charge in [-0.05, 0) is 47.3 Å². The topological polar surface area (TPSA) is 50.3 Å². The molecule has 0 spiro atoms. The molecule has 2 heterocycles. The van der Waals surface area contributed by atoms with E-state index in [0.29, 0.717) is 18.7 Å². The minimum atomic E-state index is -0.542. The first kappa shape index (κ1) is 14.2. The average molecular weight is 325 g/mol. The largest absolute Gasteiger partial charge is 0.274 e. The quantitative estimate of drug-likeness (QED) is 0.802. The monoisotopic (exact) mass is 324 g/mol. The van der Waals surface area contributed by atoms with Gasteiger partial charge in [0.1, 0.15) is 5.82 Å². The van der Waals surface area contributed by atoms with Crippen molar-refractivity contribution in [2.75, 3.05) is 4.90 Å². The molecule has 5 heteroatoms. The van der Waals surface area contributed by atoms with Crippen molar-refractivity contribution >= 4 is 33.6 Å². The van der Waals surface area contributed by atoms with E-state index in [0.717, 1.165) is 10.0 Å². The number of nitrogens with zero attached hydrogens (tertiary/aromatic N) is 2. The summed E-state index contributed by atoms with van der Waals surface area (Å²) in [5.74, 6) is 0.166. The van der Waals surface area contributed by atoms with E-state index in [4.69, 9.17) is 0 Å². The van der Waals surface area contributed by atoms with Gasteiger partial charge >= 0.3 is 0 Å². The minimum absolute atomic E-state index is 0.114. The fraction of sp³-hybridized carbons (Fsp3) is 0.500. The average Bonchev–Trinajstić information content (AvgIpc) is 2.65. The Kier molecular flexibility index (Phi) is 3.76. The number of hydrogen-bond acceptors (Lipinski definition) is 3. The lowest BCUT2D eigenvalue weighted by Gasteiger charge is -2.23. The number of anilines is 1. The molecule has 0 N–H and O–H groups in total. The molecule has 1 aromatic rings. The van der Waals surface area contributed by atoms with Crippen molar-refractivity contribution in [1.29, 1.82) is 0 Å². The Morgan fingerprint density at radius 3 is 2.47 bits per heavy atom. The summed E-state index contributed by atoms with van der Waals surface area (Å²) in [6.07, 6.45) is 3.28. The Labute approximate surface area is 121 Å². The molecule has 1 fully saturated rings. The van der Waals surface area contributed by atoms with Gasteiger partial charge in [0.05, 0.1) is 5.41 Å². The second-order valence-electron chi connectivity index (χ2n) is 4.99. The van der Waals surface area contributed by atoms with Crippen LogP contribution in [0.5, 0.6) is 0 Å². The highest BCUT2D eigenvalue weighted by molar-refractivity contribution is 9.10. The van der Waals surface area contributed by atoms with E-state index in [-0.39, 0.29) is 18.2 Å². The van der Waals surface area contributed by atoms with Crippen molar-refractivity contribution in [1.82, 2.24) is 4.98 Å². The van der Waals surface area contributed by atoms with Crippen molar-refractivity contribution in [3.63, 3.8) is 0 Å². The number of aromatic nitrogens is 1. The van der Waals surface area contributed by atoms with Gasteiger partial charge < -0.3 is 0 Å². The number of carbonyl (C=O) groups excluding carboxylic acids is 2. The Balaban J connectivity index is 2.43. The number of rotatable bonds is 3. The van der Waals surface area contributed by atoms with E-state index in [1.165, 1.54) is 4.90 Å². The maximum absolute atomic E-state index is 12.6. The van der Waals surface area contributed by atoms with Crippen molar-refractivity contribution in [2.45, 2.75) is 40.0 Å². The van der Waals surface area contributed by atoms with Crippen LogP contribution in [0.4, 0.5) is 5.82 Å². The molecule has 2 rings (SSSR count). The molecule has 1 saturated heterocycles. The molecular weight excluding hydrogens is 308 g/mol. The molecular formula is C14H17BrN2O2. The first-order valence-electron chi connectivity index (χ1n) is 6.44. The van der Waals surface area contributed by atoms with Crippen LogP contribution in [0.2, 0.25) is 0 Å². The van der Waals surface area contributed by atoms with Gasteiger partial charge in [0.25, 0.3) is 0 Å². The molecule has 19 heavy (non-hydrogen) atoms. The molecule has 1 aliphatic rings. The van der Waals surface area contributed by atoms with Gasteiger partial charge in [0.15, 0.2) is 0 Å². The standard InChI is InChI=1S/C14H17BrN2O2/c1-4-14(5-2)7-12(18)17(13(14)19)11-6-9(3)10(15)8-16-11/h6,8H,4-5,7H2,1-3H3. The first-order chi connectivity index (χ1) is 8.95. The summed E-state index contributed by atoms with van der Waals surface area (Å²) in [6, 6.07) is 1.77. The van der Waals surface area contributed by atoms with E-state index in [2.05, 4.69) is 20.9 Å². The fourth-order valence-electron chi connectivity index (χ4n) is 2.48. The maximum atomic E-state index is 12.6. The summed E-state index contributed by atoms with van der Waals surface area (Å²) < 4.78 is 0.868. The zero-order chi connectivity index (χ0) is 14.2. The third-order valence-corrected chi connectivity index (χ3v) is 4.84. The van der Waals surface area contributed by atoms with Crippen molar-refractivity contribution in [3.8, 4) is 0 Å². The van der Waals surface area contributed by atoms with Crippen LogP contribution in [0.3, 0.4) is 0 Å². The molecule has 0 saturated carbocycles. The smallest absolute Gasteiger partial charge is 0.241 e. The number of imide groups is 1. The van der Waals surface area contributed by atoms with Crippen LogP contribution in [0, 0.1) is 12.3 Å². The molecule has 102 valence electrons. The zero-order valence-electron chi connectivity index (χ0n) is 11.4. The summed E-state index contributed by atoms with van der Waals surface area (Å²) in [5.41, 5.74) is 0.413. The third-order valence-electron chi connectivity index (χ3n) is 4.01. The number of pyridine rings is 1. The molecule has 0 aromatic carbocycles. The number of halogens is 1. The zero-order valence-corrected chi connectivity index (χ0v) is 13.0. The lowest BCUT2D eigenvalue weighted by atomic mass is 9.81. The van der Waals surface area contributed by atoms with Crippen molar-refractivity contribution < 1.29 is 9.59 Å². The normalized spacial score (nSPS) is 18.2. The SMILES string of the molecule is CCC1(CC)CC(=O)N(c2cc(C)c(Br)cn2)C1=O. The summed E-state index contributed by atoms with van der Waals surface area (Å²) in [6.45, 7) is 5.82. The maximum Gasteiger partial charge on any atom is 0.241 e. The molecule has 0 atom stereocenters. The van der Waals surface area contributed by atoms with Gasteiger partial charge in [-0.2, -0.15) is 0 Å². The number of aryl methyl sites for hydroxylation is 1. The van der Waals surface area contributed by atoms with Gasteiger partial charge in [-0.3, -0.25) is 9.59 Å². The van der Waals surface area contributed by atoms with Gasteiger partial charge in [-0.15, -0.1) is 0 Å². The van der Waals surface area contributed by atoms with Crippen LogP contribution in [-0.2, 0) is 9.59 Å². The van der Waals surface area contributed by atoms with Crippen LogP contribution in [0.25, 0.3) is 0 Å². The Morgan fingerprint density at radius 1 is 1.37 bits per heavy atom. The van der Waals surface area contributed by atoms with Crippen LogP contribution in [0.15, 0.2) is 16.7 Å². The van der Waals surface area contributed by atoms with E-state index in [9.17, 15) is 9.59 Å². The lowest BCUT2D eigenvalue weighted by Crippen LogP contribution is -2.35. The summed E-state index contributed by atoms with van der Waals surface area (Å²) in [7, 11) is 0. The molecule has 4 nitrogen and oxygen atoms in total. The van der Waals surface area contributed by atoms with Gasteiger partial charge in [0, 0.05) is 17.1 Å². The van der Waals surface area contributed by atoms with E-state index >= 15 is 0 Å². The summed E-state index contributed by atoms with van der Waals surface area (Å²) >= 11 is 3.37. The molecule has 0 aliphatic carbocycles. The Hall–Kier alpha value is -1.23. The highest BCUT2D eigenvalue weighted by Gasteiger charge is 2.50. The number of carbonyl (C=O) groups is 2. The first-order valence-corrected chi connectivity index (χ1v) is 7.24. The van der Waals surface area contributed by atoms with Crippen LogP contribution >= 0.6 is 15.9 Å². The minimum Gasteiger partial charge on any atom is -0.274 e. The number of amides is 2. The molecule has 0 unspecified atom stereocenters. The lowest BCUT2D eigenvalue weighted by molar-refractivity contribution is -0.126.